The van der Waals surface area contributed by atoms with Gasteiger partial charge < -0.3 is 4.74 Å². The molecule has 0 atom stereocenters. The minimum atomic E-state index is 0.857. The highest BCUT2D eigenvalue weighted by atomic mass is 79.9. The second kappa shape index (κ2) is 5.81. The monoisotopic (exact) mass is 346 g/mol. The summed E-state index contributed by atoms with van der Waals surface area (Å²) in [5.74, 6) is 0.857. The molecule has 5 heteroatoms. The molecule has 0 aliphatic rings. The number of fused-ring (bicyclic) bond motifs is 1. The van der Waals surface area contributed by atoms with Crippen molar-refractivity contribution in [3.05, 3.63) is 53.3 Å². The Morgan fingerprint density at radius 2 is 1.90 bits per heavy atom. The molecule has 2 aromatic heterocycles. The van der Waals surface area contributed by atoms with Crippen LogP contribution in [0.3, 0.4) is 0 Å². The van der Waals surface area contributed by atoms with Gasteiger partial charge in [-0.05, 0) is 52.3 Å². The number of nitrogens with zero attached hydrogens (tertiary/aromatic N) is 2. The van der Waals surface area contributed by atoms with Crippen molar-refractivity contribution in [2.45, 2.75) is 9.79 Å². The Hall–Kier alpha value is -1.59. The Morgan fingerprint density at radius 1 is 1.10 bits per heavy atom. The first-order valence-corrected chi connectivity index (χ1v) is 7.59. The van der Waals surface area contributed by atoms with E-state index in [0.29, 0.717) is 0 Å². The van der Waals surface area contributed by atoms with Crippen LogP contribution in [0, 0.1) is 0 Å². The van der Waals surface area contributed by atoms with Crippen LogP contribution in [0.2, 0.25) is 0 Å². The Labute approximate surface area is 129 Å². The van der Waals surface area contributed by atoms with Crippen molar-refractivity contribution >= 4 is 38.7 Å². The maximum absolute atomic E-state index is 5.17. The number of benzene rings is 1. The summed E-state index contributed by atoms with van der Waals surface area (Å²) < 4.78 is 6.10. The average molecular weight is 347 g/mol. The van der Waals surface area contributed by atoms with Crippen LogP contribution in [0.1, 0.15) is 0 Å². The molecule has 100 valence electrons. The molecule has 0 spiro atoms. The molecular formula is C15H11BrN2OS. The topological polar surface area (TPSA) is 35.0 Å². The van der Waals surface area contributed by atoms with Crippen molar-refractivity contribution < 1.29 is 4.74 Å². The molecule has 0 amide bonds. The van der Waals surface area contributed by atoms with Crippen molar-refractivity contribution in [2.75, 3.05) is 7.11 Å². The van der Waals surface area contributed by atoms with Crippen molar-refractivity contribution in [1.82, 2.24) is 9.97 Å². The molecule has 0 radical (unpaired) electrons. The second-order valence-corrected chi connectivity index (χ2v) is 6.14. The molecule has 0 saturated carbocycles. The summed E-state index contributed by atoms with van der Waals surface area (Å²) in [5.41, 5.74) is 1.80. The van der Waals surface area contributed by atoms with Crippen molar-refractivity contribution in [1.29, 1.82) is 0 Å². The van der Waals surface area contributed by atoms with E-state index in [-0.39, 0.29) is 0 Å². The van der Waals surface area contributed by atoms with Crippen LogP contribution in [0.5, 0.6) is 5.75 Å². The fourth-order valence-corrected chi connectivity index (χ4v) is 3.06. The molecule has 3 aromatic rings. The number of hydrogen-bond donors (Lipinski definition) is 0. The fraction of sp³-hybridized carbons (Fsp3) is 0.0667. The Kier molecular flexibility index (Phi) is 3.89. The molecular weight excluding hydrogens is 336 g/mol. The van der Waals surface area contributed by atoms with E-state index in [9.17, 15) is 0 Å². The first-order valence-electron chi connectivity index (χ1n) is 5.98. The van der Waals surface area contributed by atoms with Gasteiger partial charge in [-0.1, -0.05) is 11.8 Å². The van der Waals surface area contributed by atoms with Gasteiger partial charge >= 0.3 is 0 Å². The lowest BCUT2D eigenvalue weighted by Crippen LogP contribution is -1.86. The van der Waals surface area contributed by atoms with Gasteiger partial charge in [0, 0.05) is 26.7 Å². The van der Waals surface area contributed by atoms with Gasteiger partial charge in [0.25, 0.3) is 0 Å². The summed E-state index contributed by atoms with van der Waals surface area (Å²) in [7, 11) is 1.67. The van der Waals surface area contributed by atoms with Crippen molar-refractivity contribution in [2.24, 2.45) is 0 Å². The summed E-state index contributed by atoms with van der Waals surface area (Å²) in [6.45, 7) is 0. The van der Waals surface area contributed by atoms with E-state index in [4.69, 9.17) is 4.74 Å². The second-order valence-electron chi connectivity index (χ2n) is 4.11. The predicted molar refractivity (Wildman–Crippen MR) is 84.4 cm³/mol. The fourth-order valence-electron chi connectivity index (χ4n) is 1.83. The van der Waals surface area contributed by atoms with Gasteiger partial charge in [-0.15, -0.1) is 0 Å². The lowest BCUT2D eigenvalue weighted by molar-refractivity contribution is 0.414. The van der Waals surface area contributed by atoms with E-state index in [1.807, 2.05) is 42.6 Å². The zero-order valence-corrected chi connectivity index (χ0v) is 13.1. The van der Waals surface area contributed by atoms with E-state index in [0.717, 1.165) is 31.0 Å². The molecule has 0 aliphatic carbocycles. The maximum Gasteiger partial charge on any atom is 0.118 e. The van der Waals surface area contributed by atoms with Gasteiger partial charge in [0.05, 0.1) is 12.6 Å². The third kappa shape index (κ3) is 2.78. The lowest BCUT2D eigenvalue weighted by atomic mass is 10.3. The number of pyridine rings is 2. The smallest absolute Gasteiger partial charge is 0.118 e. The number of aromatic nitrogens is 2. The molecule has 3 nitrogen and oxygen atoms in total. The largest absolute Gasteiger partial charge is 0.497 e. The van der Waals surface area contributed by atoms with Crippen LogP contribution < -0.4 is 4.74 Å². The lowest BCUT2D eigenvalue weighted by Gasteiger charge is -2.06. The number of rotatable bonds is 3. The molecule has 0 aliphatic heterocycles. The van der Waals surface area contributed by atoms with E-state index in [1.54, 1.807) is 25.1 Å². The van der Waals surface area contributed by atoms with E-state index < -0.39 is 0 Å². The van der Waals surface area contributed by atoms with Gasteiger partial charge in [0.1, 0.15) is 11.3 Å². The number of hydrogen-bond acceptors (Lipinski definition) is 4. The van der Waals surface area contributed by atoms with Crippen LogP contribution in [-0.2, 0) is 0 Å². The third-order valence-corrected chi connectivity index (χ3v) is 4.29. The maximum atomic E-state index is 5.17. The highest BCUT2D eigenvalue weighted by Gasteiger charge is 2.06. The quantitative estimate of drug-likeness (QED) is 0.696. The molecule has 0 fully saturated rings. The first-order chi connectivity index (χ1) is 9.76. The van der Waals surface area contributed by atoms with Crippen LogP contribution in [0.4, 0.5) is 0 Å². The zero-order chi connectivity index (χ0) is 13.9. The Balaban J connectivity index is 1.97. The normalized spacial score (nSPS) is 10.7. The third-order valence-electron chi connectivity index (χ3n) is 2.79. The minimum absolute atomic E-state index is 0.857. The van der Waals surface area contributed by atoms with Crippen molar-refractivity contribution in [3.8, 4) is 5.75 Å². The molecule has 2 heterocycles. The summed E-state index contributed by atoms with van der Waals surface area (Å²) >= 11 is 5.09. The summed E-state index contributed by atoms with van der Waals surface area (Å²) in [6.07, 6.45) is 3.60. The predicted octanol–water partition coefficient (Wildman–Crippen LogP) is 4.55. The van der Waals surface area contributed by atoms with Crippen LogP contribution in [0.25, 0.3) is 11.0 Å². The van der Waals surface area contributed by atoms with Crippen LogP contribution in [0.15, 0.2) is 63.1 Å². The molecule has 20 heavy (non-hydrogen) atoms. The van der Waals surface area contributed by atoms with Gasteiger partial charge in [0.15, 0.2) is 0 Å². The van der Waals surface area contributed by atoms with Crippen molar-refractivity contribution in [3.63, 3.8) is 0 Å². The Bertz CT molecular complexity index is 746. The number of methoxy groups -OCH3 is 1. The zero-order valence-electron chi connectivity index (χ0n) is 10.7. The van der Waals surface area contributed by atoms with Crippen LogP contribution in [-0.4, -0.2) is 17.1 Å². The summed E-state index contributed by atoms with van der Waals surface area (Å²) in [4.78, 5) is 11.0. The molecule has 0 saturated heterocycles. The molecule has 3 rings (SSSR count). The van der Waals surface area contributed by atoms with Gasteiger partial charge in [0.2, 0.25) is 0 Å². The molecule has 0 bridgehead atoms. The SMILES string of the molecule is COc1ccc(Sc2ccnc3cc(Br)cnc23)cc1. The molecule has 0 unspecified atom stereocenters. The van der Waals surface area contributed by atoms with Crippen LogP contribution >= 0.6 is 27.7 Å². The standard InChI is InChI=1S/C15H11BrN2OS/c1-19-11-2-4-12(5-3-11)20-14-6-7-17-13-8-10(16)9-18-15(13)14/h2-9H,1H3. The summed E-state index contributed by atoms with van der Waals surface area (Å²) in [5, 5.41) is 0. The first kappa shape index (κ1) is 13.4. The Morgan fingerprint density at radius 3 is 2.65 bits per heavy atom. The van der Waals surface area contributed by atoms with Gasteiger partial charge in [-0.25, -0.2) is 0 Å². The van der Waals surface area contributed by atoms with E-state index >= 15 is 0 Å². The van der Waals surface area contributed by atoms with E-state index in [2.05, 4.69) is 25.9 Å². The van der Waals surface area contributed by atoms with E-state index in [1.165, 1.54) is 0 Å². The number of halogens is 1. The highest BCUT2D eigenvalue weighted by Crippen LogP contribution is 2.33. The van der Waals surface area contributed by atoms with Gasteiger partial charge in [-0.3, -0.25) is 9.97 Å². The summed E-state index contributed by atoms with van der Waals surface area (Å²) in [6, 6.07) is 11.9. The molecule has 0 N–H and O–H groups in total. The minimum Gasteiger partial charge on any atom is -0.497 e. The molecule has 1 aromatic carbocycles. The average Bonchev–Trinajstić information content (AvgIpc) is 2.48. The van der Waals surface area contributed by atoms with Gasteiger partial charge in [-0.2, -0.15) is 0 Å². The highest BCUT2D eigenvalue weighted by molar-refractivity contribution is 9.10. The number of ether oxygens (including phenoxy) is 1.